The number of hydrogen-bond acceptors (Lipinski definition) is 2. The number of alkyl halides is 1. The average molecular weight is 260 g/mol. The molecule has 0 saturated heterocycles. The molecule has 0 spiro atoms. The SMILES string of the molecule is COC1CCCC(NC2(CCl)CCCCC2)C1. The normalized spacial score (nSPS) is 33.5. The number of rotatable bonds is 4. The fourth-order valence-corrected chi connectivity index (χ4v) is 3.81. The molecule has 2 fully saturated rings. The van der Waals surface area contributed by atoms with Crippen LogP contribution in [0.2, 0.25) is 0 Å². The molecule has 0 radical (unpaired) electrons. The van der Waals surface area contributed by atoms with Gasteiger partial charge in [-0.15, -0.1) is 11.6 Å². The van der Waals surface area contributed by atoms with Gasteiger partial charge in [0.05, 0.1) is 6.10 Å². The van der Waals surface area contributed by atoms with Crippen molar-refractivity contribution < 1.29 is 4.74 Å². The quantitative estimate of drug-likeness (QED) is 0.781. The molecule has 1 N–H and O–H groups in total. The maximum absolute atomic E-state index is 6.23. The van der Waals surface area contributed by atoms with E-state index in [9.17, 15) is 0 Å². The molecule has 0 aromatic carbocycles. The summed E-state index contributed by atoms with van der Waals surface area (Å²) in [4.78, 5) is 0. The summed E-state index contributed by atoms with van der Waals surface area (Å²) in [7, 11) is 1.84. The molecule has 2 atom stereocenters. The van der Waals surface area contributed by atoms with E-state index in [1.54, 1.807) is 0 Å². The van der Waals surface area contributed by atoms with Crippen molar-refractivity contribution in [1.29, 1.82) is 0 Å². The zero-order valence-electron chi connectivity index (χ0n) is 11.0. The third kappa shape index (κ3) is 3.59. The van der Waals surface area contributed by atoms with Crippen molar-refractivity contribution >= 4 is 11.6 Å². The third-order valence-electron chi connectivity index (χ3n) is 4.54. The van der Waals surface area contributed by atoms with Gasteiger partial charge >= 0.3 is 0 Å². The fraction of sp³-hybridized carbons (Fsp3) is 1.00. The van der Waals surface area contributed by atoms with Crippen LogP contribution in [0.3, 0.4) is 0 Å². The average Bonchev–Trinajstić information content (AvgIpc) is 2.40. The van der Waals surface area contributed by atoms with Crippen LogP contribution in [-0.2, 0) is 4.74 Å². The Bertz CT molecular complexity index is 228. The highest BCUT2D eigenvalue weighted by molar-refractivity contribution is 6.18. The van der Waals surface area contributed by atoms with E-state index in [-0.39, 0.29) is 5.54 Å². The number of nitrogens with one attached hydrogen (secondary N) is 1. The molecule has 17 heavy (non-hydrogen) atoms. The standard InChI is InChI=1S/C14H26ClNO/c1-17-13-7-5-6-12(10-13)16-14(11-15)8-3-2-4-9-14/h12-13,16H,2-11H2,1H3. The van der Waals surface area contributed by atoms with E-state index in [0.717, 1.165) is 12.3 Å². The van der Waals surface area contributed by atoms with Gasteiger partial charge in [-0.25, -0.2) is 0 Å². The lowest BCUT2D eigenvalue weighted by atomic mass is 9.81. The van der Waals surface area contributed by atoms with Gasteiger partial charge in [0.2, 0.25) is 0 Å². The Kier molecular flexibility index (Phi) is 5.13. The second kappa shape index (κ2) is 6.40. The van der Waals surface area contributed by atoms with E-state index in [1.807, 2.05) is 7.11 Å². The van der Waals surface area contributed by atoms with Crippen LogP contribution in [-0.4, -0.2) is 30.7 Å². The Morgan fingerprint density at radius 2 is 1.94 bits per heavy atom. The fourth-order valence-electron chi connectivity index (χ4n) is 3.47. The molecule has 2 aliphatic carbocycles. The van der Waals surface area contributed by atoms with Gasteiger partial charge in [-0.05, 0) is 38.5 Å². The summed E-state index contributed by atoms with van der Waals surface area (Å²) in [6.45, 7) is 0. The van der Waals surface area contributed by atoms with Crippen LogP contribution >= 0.6 is 11.6 Å². The molecule has 0 amide bonds. The van der Waals surface area contributed by atoms with E-state index < -0.39 is 0 Å². The topological polar surface area (TPSA) is 21.3 Å². The van der Waals surface area contributed by atoms with Gasteiger partial charge in [-0.1, -0.05) is 19.3 Å². The summed E-state index contributed by atoms with van der Waals surface area (Å²) in [5.41, 5.74) is 0.222. The highest BCUT2D eigenvalue weighted by Crippen LogP contribution is 2.32. The molecule has 2 nitrogen and oxygen atoms in total. The van der Waals surface area contributed by atoms with Crippen molar-refractivity contribution in [3.63, 3.8) is 0 Å². The molecule has 0 aromatic heterocycles. The van der Waals surface area contributed by atoms with Crippen LogP contribution in [0.15, 0.2) is 0 Å². The maximum Gasteiger partial charge on any atom is 0.0586 e. The van der Waals surface area contributed by atoms with Crippen molar-refractivity contribution in [2.75, 3.05) is 13.0 Å². The van der Waals surface area contributed by atoms with Gasteiger partial charge in [-0.2, -0.15) is 0 Å². The third-order valence-corrected chi connectivity index (χ3v) is 5.05. The molecule has 2 saturated carbocycles. The van der Waals surface area contributed by atoms with Crippen molar-refractivity contribution in [3.8, 4) is 0 Å². The van der Waals surface area contributed by atoms with Crippen LogP contribution in [0.4, 0.5) is 0 Å². The van der Waals surface area contributed by atoms with Crippen LogP contribution in [0.25, 0.3) is 0 Å². The molecule has 0 aromatic rings. The molecule has 0 heterocycles. The Balaban J connectivity index is 1.88. The van der Waals surface area contributed by atoms with E-state index in [4.69, 9.17) is 16.3 Å². The molecule has 2 rings (SSSR count). The zero-order chi connectivity index (χ0) is 12.1. The Labute approximate surface area is 110 Å². The van der Waals surface area contributed by atoms with E-state index in [2.05, 4.69) is 5.32 Å². The Hall–Kier alpha value is 0.210. The van der Waals surface area contributed by atoms with Crippen molar-refractivity contribution in [1.82, 2.24) is 5.32 Å². The molecule has 2 aliphatic rings. The smallest absolute Gasteiger partial charge is 0.0586 e. The maximum atomic E-state index is 6.23. The summed E-state index contributed by atoms with van der Waals surface area (Å²) in [6, 6.07) is 0.616. The van der Waals surface area contributed by atoms with Gasteiger partial charge in [-0.3, -0.25) is 0 Å². The van der Waals surface area contributed by atoms with Gasteiger partial charge in [0.15, 0.2) is 0 Å². The minimum absolute atomic E-state index is 0.222. The number of ether oxygens (including phenoxy) is 1. The Morgan fingerprint density at radius 1 is 1.18 bits per heavy atom. The molecule has 0 aliphatic heterocycles. The molecular formula is C14H26ClNO. The van der Waals surface area contributed by atoms with Crippen LogP contribution < -0.4 is 5.32 Å². The zero-order valence-corrected chi connectivity index (χ0v) is 11.8. The summed E-state index contributed by atoms with van der Waals surface area (Å²) in [6.07, 6.45) is 12.0. The number of methoxy groups -OCH3 is 1. The largest absolute Gasteiger partial charge is 0.381 e. The lowest BCUT2D eigenvalue weighted by Crippen LogP contribution is -2.54. The summed E-state index contributed by atoms with van der Waals surface area (Å²) >= 11 is 6.23. The first-order valence-corrected chi connectivity index (χ1v) is 7.68. The van der Waals surface area contributed by atoms with Crippen molar-refractivity contribution in [2.45, 2.75) is 75.5 Å². The predicted molar refractivity (Wildman–Crippen MR) is 72.7 cm³/mol. The van der Waals surface area contributed by atoms with Gasteiger partial charge in [0.1, 0.15) is 0 Å². The molecule has 3 heteroatoms. The minimum Gasteiger partial charge on any atom is -0.381 e. The second-order valence-electron chi connectivity index (χ2n) is 5.84. The highest BCUT2D eigenvalue weighted by Gasteiger charge is 2.34. The van der Waals surface area contributed by atoms with Crippen LogP contribution in [0, 0.1) is 0 Å². The van der Waals surface area contributed by atoms with Gasteiger partial charge in [0.25, 0.3) is 0 Å². The molecule has 100 valence electrons. The first-order valence-electron chi connectivity index (χ1n) is 7.14. The van der Waals surface area contributed by atoms with Gasteiger partial charge in [0, 0.05) is 24.6 Å². The summed E-state index contributed by atoms with van der Waals surface area (Å²) < 4.78 is 5.50. The van der Waals surface area contributed by atoms with E-state index in [0.29, 0.717) is 12.1 Å². The van der Waals surface area contributed by atoms with Crippen LogP contribution in [0.1, 0.15) is 57.8 Å². The van der Waals surface area contributed by atoms with Crippen LogP contribution in [0.5, 0.6) is 0 Å². The molecule has 0 bridgehead atoms. The summed E-state index contributed by atoms with van der Waals surface area (Å²) in [5, 5.41) is 3.87. The second-order valence-corrected chi connectivity index (χ2v) is 6.11. The number of hydrogen-bond donors (Lipinski definition) is 1. The highest BCUT2D eigenvalue weighted by atomic mass is 35.5. The van der Waals surface area contributed by atoms with E-state index in [1.165, 1.54) is 51.4 Å². The lowest BCUT2D eigenvalue weighted by Gasteiger charge is -2.42. The summed E-state index contributed by atoms with van der Waals surface area (Å²) in [5.74, 6) is 0.765. The Morgan fingerprint density at radius 3 is 2.59 bits per heavy atom. The molecule has 2 unspecified atom stereocenters. The first kappa shape index (κ1) is 13.6. The lowest BCUT2D eigenvalue weighted by molar-refractivity contribution is 0.0508. The predicted octanol–water partition coefficient (Wildman–Crippen LogP) is 3.48. The molecular weight excluding hydrogens is 234 g/mol. The monoisotopic (exact) mass is 259 g/mol. The van der Waals surface area contributed by atoms with Crippen molar-refractivity contribution in [3.05, 3.63) is 0 Å². The van der Waals surface area contributed by atoms with Crippen molar-refractivity contribution in [2.24, 2.45) is 0 Å². The van der Waals surface area contributed by atoms with E-state index >= 15 is 0 Å². The number of halogens is 1. The minimum atomic E-state index is 0.222. The first-order chi connectivity index (χ1) is 8.28. The van der Waals surface area contributed by atoms with Gasteiger partial charge < -0.3 is 10.1 Å².